The van der Waals surface area contributed by atoms with Crippen LogP contribution in [-0.4, -0.2) is 20.5 Å². The van der Waals surface area contributed by atoms with Gasteiger partial charge in [0.25, 0.3) is 0 Å². The van der Waals surface area contributed by atoms with E-state index < -0.39 is 0 Å². The smallest absolute Gasteiger partial charge is 0.164 e. The lowest BCUT2D eigenvalue weighted by molar-refractivity contribution is 0.0982. The fourth-order valence-corrected chi connectivity index (χ4v) is 2.81. The quantitative estimate of drug-likeness (QED) is 0.685. The molecule has 3 heterocycles. The van der Waals surface area contributed by atoms with Crippen LogP contribution in [-0.2, 0) is 13.5 Å². The van der Waals surface area contributed by atoms with Crippen molar-refractivity contribution in [3.8, 4) is 0 Å². The highest BCUT2D eigenvalue weighted by Gasteiger charge is 2.09. The van der Waals surface area contributed by atoms with Crippen molar-refractivity contribution < 1.29 is 4.79 Å². The predicted octanol–water partition coefficient (Wildman–Crippen LogP) is 2.85. The lowest BCUT2D eigenvalue weighted by Crippen LogP contribution is -2.05. The van der Waals surface area contributed by atoms with Crippen LogP contribution in [0.15, 0.2) is 36.0 Å². The molecule has 96 valence electrons. The standard InChI is InChI=1S/C14H13N3OS/c1-17-11(4-6-16-17)2-3-13(18)10-8-14-12(15-9-10)5-7-19-14/h4-9H,2-3H2,1H3. The number of rotatable bonds is 4. The van der Waals surface area contributed by atoms with Crippen LogP contribution in [0.1, 0.15) is 22.5 Å². The Kier molecular flexibility index (Phi) is 3.13. The van der Waals surface area contributed by atoms with Gasteiger partial charge in [0.2, 0.25) is 0 Å². The molecular weight excluding hydrogens is 258 g/mol. The average molecular weight is 271 g/mol. The van der Waals surface area contributed by atoms with Crippen LogP contribution in [0.5, 0.6) is 0 Å². The number of Topliss-reactive ketones (excluding diaryl/α,β-unsaturated/α-hetero) is 1. The van der Waals surface area contributed by atoms with Gasteiger partial charge in [0, 0.05) is 37.1 Å². The molecule has 0 spiro atoms. The summed E-state index contributed by atoms with van der Waals surface area (Å²) in [6.45, 7) is 0. The number of aryl methyl sites for hydroxylation is 2. The molecule has 0 aromatic carbocycles. The number of pyridine rings is 1. The van der Waals surface area contributed by atoms with Crippen molar-refractivity contribution in [2.75, 3.05) is 0 Å². The number of nitrogens with zero attached hydrogens (tertiary/aromatic N) is 3. The molecule has 5 heteroatoms. The van der Waals surface area contributed by atoms with Gasteiger partial charge in [-0.15, -0.1) is 11.3 Å². The SMILES string of the molecule is Cn1nccc1CCC(=O)c1cnc2ccsc2c1. The van der Waals surface area contributed by atoms with Gasteiger partial charge in [-0.3, -0.25) is 14.5 Å². The maximum Gasteiger partial charge on any atom is 0.164 e. The van der Waals surface area contributed by atoms with E-state index in [1.807, 2.05) is 30.6 Å². The number of aromatic nitrogens is 3. The molecule has 0 saturated heterocycles. The zero-order valence-electron chi connectivity index (χ0n) is 10.5. The van der Waals surface area contributed by atoms with Crippen LogP contribution in [0.4, 0.5) is 0 Å². The highest BCUT2D eigenvalue weighted by molar-refractivity contribution is 7.17. The monoisotopic (exact) mass is 271 g/mol. The number of carbonyl (C=O) groups excluding carboxylic acids is 1. The van der Waals surface area contributed by atoms with Crippen LogP contribution in [0.2, 0.25) is 0 Å². The van der Waals surface area contributed by atoms with Crippen molar-refractivity contribution in [2.45, 2.75) is 12.8 Å². The molecule has 0 bridgehead atoms. The van der Waals surface area contributed by atoms with Crippen molar-refractivity contribution >= 4 is 27.3 Å². The number of thiophene rings is 1. The summed E-state index contributed by atoms with van der Waals surface area (Å²) in [5.74, 6) is 0.129. The van der Waals surface area contributed by atoms with Gasteiger partial charge in [-0.25, -0.2) is 0 Å². The van der Waals surface area contributed by atoms with E-state index >= 15 is 0 Å². The summed E-state index contributed by atoms with van der Waals surface area (Å²) in [6, 6.07) is 5.83. The molecule has 0 atom stereocenters. The van der Waals surface area contributed by atoms with Crippen LogP contribution < -0.4 is 0 Å². The zero-order chi connectivity index (χ0) is 13.2. The summed E-state index contributed by atoms with van der Waals surface area (Å²) in [4.78, 5) is 16.4. The van der Waals surface area contributed by atoms with Crippen molar-refractivity contribution in [3.63, 3.8) is 0 Å². The number of hydrogen-bond acceptors (Lipinski definition) is 4. The molecule has 3 aromatic heterocycles. The van der Waals surface area contributed by atoms with Crippen LogP contribution in [0, 0.1) is 0 Å². The molecule has 0 amide bonds. The third-order valence-corrected chi connectivity index (χ3v) is 4.01. The van der Waals surface area contributed by atoms with Crippen molar-refractivity contribution in [1.82, 2.24) is 14.8 Å². The molecule has 3 aromatic rings. The average Bonchev–Trinajstić information content (AvgIpc) is 3.03. The summed E-state index contributed by atoms with van der Waals surface area (Å²) in [6.07, 6.45) is 4.61. The summed E-state index contributed by atoms with van der Waals surface area (Å²) in [7, 11) is 1.89. The largest absolute Gasteiger partial charge is 0.294 e. The maximum atomic E-state index is 12.2. The molecule has 0 N–H and O–H groups in total. The van der Waals surface area contributed by atoms with Gasteiger partial charge in [0.1, 0.15) is 0 Å². The van der Waals surface area contributed by atoms with Crippen molar-refractivity contribution in [1.29, 1.82) is 0 Å². The lowest BCUT2D eigenvalue weighted by atomic mass is 10.1. The van der Waals surface area contributed by atoms with Crippen LogP contribution >= 0.6 is 11.3 Å². The van der Waals surface area contributed by atoms with Gasteiger partial charge in [-0.1, -0.05) is 0 Å². The summed E-state index contributed by atoms with van der Waals surface area (Å²) < 4.78 is 2.86. The second kappa shape index (κ2) is 4.93. The Morgan fingerprint density at radius 3 is 3.11 bits per heavy atom. The Labute approximate surface area is 114 Å². The minimum Gasteiger partial charge on any atom is -0.294 e. The van der Waals surface area contributed by atoms with E-state index in [-0.39, 0.29) is 5.78 Å². The maximum absolute atomic E-state index is 12.2. The highest BCUT2D eigenvalue weighted by atomic mass is 32.1. The summed E-state index contributed by atoms with van der Waals surface area (Å²) in [5.41, 5.74) is 2.71. The highest BCUT2D eigenvalue weighted by Crippen LogP contribution is 2.20. The second-order valence-electron chi connectivity index (χ2n) is 4.40. The molecular formula is C14H13N3OS. The first kappa shape index (κ1) is 12.0. The Hall–Kier alpha value is -2.01. The fraction of sp³-hybridized carbons (Fsp3) is 0.214. The Balaban J connectivity index is 1.74. The number of fused-ring (bicyclic) bond motifs is 1. The van der Waals surface area contributed by atoms with Gasteiger partial charge < -0.3 is 0 Å². The van der Waals surface area contributed by atoms with E-state index in [1.54, 1.807) is 28.4 Å². The second-order valence-corrected chi connectivity index (χ2v) is 5.34. The Bertz CT molecular complexity index is 729. The van der Waals surface area contributed by atoms with Gasteiger partial charge in [-0.05, 0) is 30.0 Å². The molecule has 3 rings (SSSR count). The number of hydrogen-bond donors (Lipinski definition) is 0. The van der Waals surface area contributed by atoms with E-state index in [0.29, 0.717) is 18.4 Å². The van der Waals surface area contributed by atoms with Crippen molar-refractivity contribution in [3.05, 3.63) is 47.2 Å². The third kappa shape index (κ3) is 2.42. The molecule has 0 aliphatic rings. The summed E-state index contributed by atoms with van der Waals surface area (Å²) >= 11 is 1.61. The molecule has 0 unspecified atom stereocenters. The minimum atomic E-state index is 0.129. The van der Waals surface area contributed by atoms with Crippen LogP contribution in [0.3, 0.4) is 0 Å². The normalized spacial score (nSPS) is 11.0. The molecule has 4 nitrogen and oxygen atoms in total. The first-order valence-corrected chi connectivity index (χ1v) is 6.95. The molecule has 0 aliphatic heterocycles. The minimum absolute atomic E-state index is 0.129. The van der Waals surface area contributed by atoms with Crippen molar-refractivity contribution in [2.24, 2.45) is 7.05 Å². The fourth-order valence-electron chi connectivity index (χ4n) is 2.03. The summed E-state index contributed by atoms with van der Waals surface area (Å²) in [5, 5.41) is 6.08. The van der Waals surface area contributed by atoms with Gasteiger partial charge in [-0.2, -0.15) is 5.10 Å². The van der Waals surface area contributed by atoms with Crippen LogP contribution in [0.25, 0.3) is 10.2 Å². The Morgan fingerprint density at radius 1 is 1.42 bits per heavy atom. The molecule has 0 aliphatic carbocycles. The zero-order valence-corrected chi connectivity index (χ0v) is 11.4. The lowest BCUT2D eigenvalue weighted by Gasteiger charge is -2.02. The Morgan fingerprint density at radius 2 is 2.32 bits per heavy atom. The third-order valence-electron chi connectivity index (χ3n) is 3.16. The molecule has 0 radical (unpaired) electrons. The predicted molar refractivity (Wildman–Crippen MR) is 75.5 cm³/mol. The first-order valence-electron chi connectivity index (χ1n) is 6.07. The molecule has 19 heavy (non-hydrogen) atoms. The van der Waals surface area contributed by atoms with Gasteiger partial charge >= 0.3 is 0 Å². The number of ketones is 1. The van der Waals surface area contributed by atoms with E-state index in [0.717, 1.165) is 15.9 Å². The van der Waals surface area contributed by atoms with Gasteiger partial charge in [0.15, 0.2) is 5.78 Å². The number of carbonyl (C=O) groups is 1. The topological polar surface area (TPSA) is 47.8 Å². The van der Waals surface area contributed by atoms with E-state index in [4.69, 9.17) is 0 Å². The van der Waals surface area contributed by atoms with E-state index in [1.165, 1.54) is 0 Å². The first-order chi connectivity index (χ1) is 9.24. The molecule has 0 fully saturated rings. The van der Waals surface area contributed by atoms with Gasteiger partial charge in [0.05, 0.1) is 10.2 Å². The van der Waals surface area contributed by atoms with E-state index in [9.17, 15) is 4.79 Å². The van der Waals surface area contributed by atoms with E-state index in [2.05, 4.69) is 10.1 Å². The molecule has 0 saturated carbocycles.